The van der Waals surface area contributed by atoms with Gasteiger partial charge in [-0.05, 0) is 66.8 Å². The minimum atomic E-state index is -0.760. The summed E-state index contributed by atoms with van der Waals surface area (Å²) in [6, 6.07) is 5.55. The number of phenolic OH excluding ortho intramolecular Hbond substituents is 1. The van der Waals surface area contributed by atoms with Gasteiger partial charge in [0.1, 0.15) is 5.75 Å². The maximum atomic E-state index is 10.3. The van der Waals surface area contributed by atoms with Gasteiger partial charge in [0.05, 0.1) is 12.2 Å². The largest absolute Gasteiger partial charge is 0.508 e. The van der Waals surface area contributed by atoms with E-state index in [0.717, 1.165) is 19.3 Å². The molecule has 0 aromatic carbocycles. The van der Waals surface area contributed by atoms with E-state index in [1.807, 2.05) is 25.1 Å². The number of carboxylic acid groups (broad SMARTS) is 1. The van der Waals surface area contributed by atoms with E-state index in [0.29, 0.717) is 18.6 Å². The number of hydrogen-bond donors (Lipinski definition) is 4. The number of carboxylic acids is 1. The Bertz CT molecular complexity index is 590. The highest BCUT2D eigenvalue weighted by Gasteiger charge is 2.39. The predicted molar refractivity (Wildman–Crippen MR) is 96.2 cm³/mol. The molecule has 0 heterocycles. The zero-order valence-corrected chi connectivity index (χ0v) is 14.6. The van der Waals surface area contributed by atoms with Crippen LogP contribution >= 0.6 is 0 Å². The number of unbranched alkanes of at least 4 members (excludes halogenated alkanes) is 1. The van der Waals surface area contributed by atoms with Gasteiger partial charge in [-0.25, -0.2) is 0 Å². The molecule has 3 rings (SSSR count). The molecular weight excluding hydrogens is 320 g/mol. The summed E-state index contributed by atoms with van der Waals surface area (Å²) in [4.78, 5) is 10.3. The Hall–Kier alpha value is -1.85. The number of carbonyl (C=O) groups is 1. The van der Waals surface area contributed by atoms with E-state index in [4.69, 9.17) is 10.2 Å². The molecule has 0 aromatic rings. The lowest BCUT2D eigenvalue weighted by Crippen LogP contribution is -2.20. The maximum absolute atomic E-state index is 10.3. The van der Waals surface area contributed by atoms with Crippen LogP contribution in [0.5, 0.6) is 5.75 Å². The molecule has 0 amide bonds. The molecule has 5 nitrogen and oxygen atoms in total. The molecule has 0 unspecified atom stereocenters. The number of benzene rings is 1. The highest BCUT2D eigenvalue weighted by molar-refractivity contribution is 5.83. The fourth-order valence-corrected chi connectivity index (χ4v) is 3.56. The smallest absolute Gasteiger partial charge is 0.303 e. The van der Waals surface area contributed by atoms with Crippen molar-refractivity contribution >= 4 is 5.97 Å². The predicted octanol–water partition coefficient (Wildman–Crippen LogP) is 3.33. The van der Waals surface area contributed by atoms with Crippen molar-refractivity contribution in [3.8, 4) is 16.9 Å². The monoisotopic (exact) mass is 348 g/mol. The van der Waals surface area contributed by atoms with Gasteiger partial charge in [-0.2, -0.15) is 0 Å². The third-order valence-electron chi connectivity index (χ3n) is 5.00. The van der Waals surface area contributed by atoms with E-state index in [-0.39, 0.29) is 24.4 Å². The first-order chi connectivity index (χ1) is 11.9. The van der Waals surface area contributed by atoms with Crippen LogP contribution in [0.25, 0.3) is 11.1 Å². The minimum Gasteiger partial charge on any atom is -0.508 e. The van der Waals surface area contributed by atoms with E-state index in [9.17, 15) is 15.0 Å². The molecule has 1 saturated carbocycles. The van der Waals surface area contributed by atoms with Crippen LogP contribution in [0.2, 0.25) is 0 Å². The van der Waals surface area contributed by atoms with Gasteiger partial charge in [-0.15, -0.1) is 0 Å². The number of phenols is 1. The number of aliphatic hydroxyl groups is 2. The van der Waals surface area contributed by atoms with Gasteiger partial charge >= 0.3 is 5.97 Å². The molecule has 0 bridgehead atoms. The zero-order chi connectivity index (χ0) is 18.4. The summed E-state index contributed by atoms with van der Waals surface area (Å²) in [6.45, 7) is 2.04. The van der Waals surface area contributed by atoms with Crippen LogP contribution in [-0.4, -0.2) is 38.6 Å². The number of aliphatic hydroxyl groups excluding tert-OH is 2. The number of fused-ring (bicyclic) bond motifs is 1. The van der Waals surface area contributed by atoms with Crippen molar-refractivity contribution in [2.24, 2.45) is 11.8 Å². The molecule has 3 aliphatic carbocycles. The minimum absolute atomic E-state index is 0.140. The lowest BCUT2D eigenvalue weighted by molar-refractivity contribution is -0.137. The third kappa shape index (κ3) is 5.87. The summed E-state index contributed by atoms with van der Waals surface area (Å²) in [5.41, 5.74) is 2.38. The Kier molecular flexibility index (Phi) is 7.02. The van der Waals surface area contributed by atoms with Crippen molar-refractivity contribution in [3.63, 3.8) is 0 Å². The summed E-state index contributed by atoms with van der Waals surface area (Å²) in [6.07, 6.45) is 6.95. The second-order valence-electron chi connectivity index (χ2n) is 6.87. The lowest BCUT2D eigenvalue weighted by Gasteiger charge is -2.20. The number of allylic oxidation sites excluding steroid dienone is 2. The van der Waals surface area contributed by atoms with Gasteiger partial charge in [-0.1, -0.05) is 25.5 Å². The molecule has 0 radical (unpaired) electrons. The summed E-state index contributed by atoms with van der Waals surface area (Å²) < 4.78 is 0. The van der Waals surface area contributed by atoms with E-state index in [1.165, 1.54) is 11.1 Å². The van der Waals surface area contributed by atoms with Crippen LogP contribution < -0.4 is 0 Å². The fourth-order valence-electron chi connectivity index (χ4n) is 3.56. The molecular formula is C20H28O5. The van der Waals surface area contributed by atoms with Gasteiger partial charge < -0.3 is 20.4 Å². The van der Waals surface area contributed by atoms with Gasteiger partial charge in [0.25, 0.3) is 0 Å². The molecule has 4 atom stereocenters. The van der Waals surface area contributed by atoms with Crippen LogP contribution in [0.4, 0.5) is 0 Å². The first-order valence-electron chi connectivity index (χ1n) is 8.99. The van der Waals surface area contributed by atoms with Crippen LogP contribution in [-0.2, 0) is 4.79 Å². The quantitative estimate of drug-likeness (QED) is 0.454. The number of aliphatic carboxylic acids is 1. The molecule has 138 valence electrons. The van der Waals surface area contributed by atoms with Gasteiger partial charge in [0.15, 0.2) is 0 Å². The van der Waals surface area contributed by atoms with E-state index < -0.39 is 12.1 Å². The summed E-state index contributed by atoms with van der Waals surface area (Å²) in [5.74, 6) is -0.0410. The first kappa shape index (κ1) is 19.5. The van der Waals surface area contributed by atoms with Crippen LogP contribution in [0.3, 0.4) is 0 Å². The third-order valence-corrected chi connectivity index (χ3v) is 5.00. The van der Waals surface area contributed by atoms with Crippen LogP contribution in [0.1, 0.15) is 45.4 Å². The second kappa shape index (κ2) is 9.02. The highest BCUT2D eigenvalue weighted by Crippen LogP contribution is 2.39. The number of hydrogen-bond acceptors (Lipinski definition) is 4. The Morgan fingerprint density at radius 1 is 1.12 bits per heavy atom. The molecule has 0 spiro atoms. The molecule has 0 aromatic heterocycles. The molecule has 0 saturated heterocycles. The number of aromatic hydroxyl groups is 1. The molecule has 0 aliphatic heterocycles. The van der Waals surface area contributed by atoms with E-state index in [2.05, 4.69) is 0 Å². The Morgan fingerprint density at radius 2 is 1.76 bits per heavy atom. The topological polar surface area (TPSA) is 98.0 Å². The Balaban J connectivity index is 0.000000261. The average molecular weight is 348 g/mol. The standard InChI is InChI=1S/C14H24O4.C6H4O/c1-2-10-11(13(16)9-12(10)15)7-5-3-4-6-8-14(17)18;7-6-2-4-1-5(4)3-6/h3,5,10-13,15-16H,2,4,6-9H2,1H3,(H,17,18);1-3,7H/t10-,11-,12-,13+;/m1./s1. The first-order valence-corrected chi connectivity index (χ1v) is 8.99. The van der Waals surface area contributed by atoms with E-state index >= 15 is 0 Å². The SMILES string of the molecule is CC[C@@H]1[C@@H](CC=CCCCC(=O)O)[C@@H](O)C[C@H]1O.Oc1cc2cc-2c1. The fraction of sp³-hybridized carbons (Fsp3) is 0.550. The normalized spacial score (nSPS) is 26.4. The van der Waals surface area contributed by atoms with Gasteiger partial charge in [0.2, 0.25) is 0 Å². The van der Waals surface area contributed by atoms with Gasteiger partial charge in [0, 0.05) is 6.42 Å². The highest BCUT2D eigenvalue weighted by atomic mass is 16.4. The second-order valence-corrected chi connectivity index (χ2v) is 6.87. The van der Waals surface area contributed by atoms with E-state index in [1.54, 1.807) is 12.1 Å². The average Bonchev–Trinajstić information content (AvgIpc) is 3.05. The van der Waals surface area contributed by atoms with Crippen molar-refractivity contribution in [1.29, 1.82) is 0 Å². The van der Waals surface area contributed by atoms with Crippen molar-refractivity contribution in [2.75, 3.05) is 0 Å². The summed E-state index contributed by atoms with van der Waals surface area (Å²) >= 11 is 0. The zero-order valence-electron chi connectivity index (χ0n) is 14.6. The maximum Gasteiger partial charge on any atom is 0.303 e. The Morgan fingerprint density at radius 3 is 2.28 bits per heavy atom. The van der Waals surface area contributed by atoms with Crippen molar-refractivity contribution in [1.82, 2.24) is 0 Å². The summed E-state index contributed by atoms with van der Waals surface area (Å²) in [5, 5.41) is 36.8. The number of rotatable bonds is 7. The Labute approximate surface area is 148 Å². The molecule has 4 N–H and O–H groups in total. The molecule has 1 fully saturated rings. The van der Waals surface area contributed by atoms with Gasteiger partial charge in [-0.3, -0.25) is 4.79 Å². The lowest BCUT2D eigenvalue weighted by atomic mass is 9.88. The molecule has 3 aliphatic rings. The molecule has 5 heteroatoms. The van der Waals surface area contributed by atoms with Crippen LogP contribution in [0, 0.1) is 11.8 Å². The van der Waals surface area contributed by atoms with Crippen molar-refractivity contribution in [2.45, 2.75) is 57.7 Å². The molecule has 25 heavy (non-hydrogen) atoms. The summed E-state index contributed by atoms with van der Waals surface area (Å²) in [7, 11) is 0. The van der Waals surface area contributed by atoms with Crippen molar-refractivity contribution in [3.05, 3.63) is 30.4 Å². The van der Waals surface area contributed by atoms with Crippen LogP contribution in [0.15, 0.2) is 30.4 Å². The van der Waals surface area contributed by atoms with Crippen molar-refractivity contribution < 1.29 is 25.2 Å².